The quantitative estimate of drug-likeness (QED) is 0.804. The van der Waals surface area contributed by atoms with Gasteiger partial charge in [-0.25, -0.2) is 0 Å². The highest BCUT2D eigenvalue weighted by Crippen LogP contribution is 2.70. The molecule has 2 bridgehead atoms. The lowest BCUT2D eigenvalue weighted by Gasteiger charge is -2.48. The molecule has 19 heavy (non-hydrogen) atoms. The van der Waals surface area contributed by atoms with Gasteiger partial charge in [0.25, 0.3) is 0 Å². The fourth-order valence-corrected chi connectivity index (χ4v) is 4.71. The summed E-state index contributed by atoms with van der Waals surface area (Å²) >= 11 is 0. The van der Waals surface area contributed by atoms with E-state index in [0.29, 0.717) is 12.5 Å². The molecule has 0 spiro atoms. The first-order valence-corrected chi connectivity index (χ1v) is 7.85. The summed E-state index contributed by atoms with van der Waals surface area (Å²) in [6, 6.07) is 0. The van der Waals surface area contributed by atoms with E-state index in [-0.39, 0.29) is 10.8 Å². The van der Waals surface area contributed by atoms with Crippen LogP contribution in [0.15, 0.2) is 0 Å². The standard InChI is InChI=1S/C16H31NO2/c1-6-17(7-2)11-13(18)16(19)10-12-8-9-15(16,5)14(12,3)4/h12-13,18-19H,6-11H2,1-5H3/t12?,13-,15+,16-/m0/s1. The van der Waals surface area contributed by atoms with Crippen LogP contribution in [0.3, 0.4) is 0 Å². The predicted molar refractivity (Wildman–Crippen MR) is 78.0 cm³/mol. The van der Waals surface area contributed by atoms with Gasteiger partial charge < -0.3 is 15.1 Å². The Labute approximate surface area is 118 Å². The van der Waals surface area contributed by atoms with E-state index in [4.69, 9.17) is 0 Å². The van der Waals surface area contributed by atoms with E-state index >= 15 is 0 Å². The molecule has 0 aliphatic heterocycles. The Balaban J connectivity index is 2.20. The average molecular weight is 269 g/mol. The van der Waals surface area contributed by atoms with Gasteiger partial charge in [0.05, 0.1) is 11.7 Å². The van der Waals surface area contributed by atoms with E-state index in [1.165, 1.54) is 6.42 Å². The normalized spacial score (nSPS) is 42.0. The highest BCUT2D eigenvalue weighted by Gasteiger charge is 2.70. The van der Waals surface area contributed by atoms with Gasteiger partial charge >= 0.3 is 0 Å². The molecule has 4 atom stereocenters. The van der Waals surface area contributed by atoms with Crippen LogP contribution in [0, 0.1) is 16.7 Å². The molecule has 0 aromatic rings. The van der Waals surface area contributed by atoms with Crippen molar-refractivity contribution < 1.29 is 10.2 Å². The Morgan fingerprint density at radius 1 is 1.21 bits per heavy atom. The van der Waals surface area contributed by atoms with Gasteiger partial charge in [-0.1, -0.05) is 34.6 Å². The zero-order valence-corrected chi connectivity index (χ0v) is 13.2. The molecule has 3 nitrogen and oxygen atoms in total. The molecule has 112 valence electrons. The molecule has 3 heteroatoms. The fraction of sp³-hybridized carbons (Fsp3) is 1.00. The van der Waals surface area contributed by atoms with Gasteiger partial charge in [0, 0.05) is 12.0 Å². The maximum Gasteiger partial charge on any atom is 0.0979 e. The van der Waals surface area contributed by atoms with Crippen molar-refractivity contribution in [1.29, 1.82) is 0 Å². The van der Waals surface area contributed by atoms with Gasteiger partial charge in [0.15, 0.2) is 0 Å². The van der Waals surface area contributed by atoms with Gasteiger partial charge in [-0.2, -0.15) is 0 Å². The highest BCUT2D eigenvalue weighted by molar-refractivity contribution is 5.20. The fourth-order valence-electron chi connectivity index (χ4n) is 4.71. The zero-order chi connectivity index (χ0) is 14.5. The number of nitrogens with zero attached hydrogens (tertiary/aromatic N) is 1. The van der Waals surface area contributed by atoms with E-state index < -0.39 is 11.7 Å². The second-order valence-corrected chi connectivity index (χ2v) is 7.42. The summed E-state index contributed by atoms with van der Waals surface area (Å²) in [4.78, 5) is 2.20. The van der Waals surface area contributed by atoms with Crippen LogP contribution in [0.1, 0.15) is 53.9 Å². The minimum Gasteiger partial charge on any atom is -0.389 e. The number of rotatable bonds is 5. The summed E-state index contributed by atoms with van der Waals surface area (Å²) < 4.78 is 0. The molecule has 0 radical (unpaired) electrons. The van der Waals surface area contributed by atoms with Crippen molar-refractivity contribution in [1.82, 2.24) is 4.90 Å². The van der Waals surface area contributed by atoms with Crippen LogP contribution in [0.25, 0.3) is 0 Å². The molecule has 1 unspecified atom stereocenters. The SMILES string of the molecule is CCN(CC)C[C@H](O)[C@@]1(O)CC2CC[C@]1(C)C2(C)C. The number of fused-ring (bicyclic) bond motifs is 2. The maximum absolute atomic E-state index is 11.2. The van der Waals surface area contributed by atoms with Gasteiger partial charge in [-0.15, -0.1) is 0 Å². The second kappa shape index (κ2) is 4.71. The van der Waals surface area contributed by atoms with Crippen molar-refractivity contribution in [3.63, 3.8) is 0 Å². The monoisotopic (exact) mass is 269 g/mol. The van der Waals surface area contributed by atoms with Crippen molar-refractivity contribution in [3.8, 4) is 0 Å². The molecule has 0 aromatic heterocycles. The lowest BCUT2D eigenvalue weighted by molar-refractivity contribution is -0.166. The third-order valence-electron chi connectivity index (χ3n) is 6.83. The molecule has 2 saturated carbocycles. The topological polar surface area (TPSA) is 43.7 Å². The van der Waals surface area contributed by atoms with Crippen molar-refractivity contribution in [2.24, 2.45) is 16.7 Å². The van der Waals surface area contributed by atoms with Gasteiger partial charge in [0.2, 0.25) is 0 Å². The van der Waals surface area contributed by atoms with E-state index in [0.717, 1.165) is 25.9 Å². The molecule has 0 heterocycles. The van der Waals surface area contributed by atoms with Crippen molar-refractivity contribution >= 4 is 0 Å². The smallest absolute Gasteiger partial charge is 0.0979 e. The Morgan fingerprint density at radius 3 is 2.16 bits per heavy atom. The Hall–Kier alpha value is -0.120. The third-order valence-corrected chi connectivity index (χ3v) is 6.83. The van der Waals surface area contributed by atoms with Crippen LogP contribution in [0.5, 0.6) is 0 Å². The molecular formula is C16H31NO2. The van der Waals surface area contributed by atoms with Gasteiger partial charge in [-0.05, 0) is 43.7 Å². The summed E-state index contributed by atoms with van der Waals surface area (Å²) in [5.41, 5.74) is -0.939. The Kier molecular flexibility index (Phi) is 3.79. The van der Waals surface area contributed by atoms with Crippen LogP contribution in [-0.4, -0.2) is 46.5 Å². The molecule has 2 aliphatic rings. The van der Waals surface area contributed by atoms with Gasteiger partial charge in [-0.3, -0.25) is 0 Å². The number of likely N-dealkylation sites (N-methyl/N-ethyl adjacent to an activating group) is 1. The van der Waals surface area contributed by atoms with E-state index in [1.54, 1.807) is 0 Å². The minimum absolute atomic E-state index is 0.131. The summed E-state index contributed by atoms with van der Waals surface area (Å²) in [7, 11) is 0. The van der Waals surface area contributed by atoms with E-state index in [1.807, 2.05) is 0 Å². The molecule has 2 fully saturated rings. The summed E-state index contributed by atoms with van der Waals surface area (Å²) in [5, 5.41) is 21.9. The molecule has 0 aromatic carbocycles. The predicted octanol–water partition coefficient (Wildman–Crippen LogP) is 2.27. The van der Waals surface area contributed by atoms with Crippen LogP contribution in [0.2, 0.25) is 0 Å². The van der Waals surface area contributed by atoms with Crippen LogP contribution in [-0.2, 0) is 0 Å². The molecule has 0 saturated heterocycles. The van der Waals surface area contributed by atoms with Crippen molar-refractivity contribution in [2.75, 3.05) is 19.6 Å². The van der Waals surface area contributed by atoms with Crippen molar-refractivity contribution in [3.05, 3.63) is 0 Å². The maximum atomic E-state index is 11.2. The molecule has 0 amide bonds. The van der Waals surface area contributed by atoms with Crippen molar-refractivity contribution in [2.45, 2.75) is 65.6 Å². The Morgan fingerprint density at radius 2 is 1.79 bits per heavy atom. The van der Waals surface area contributed by atoms with Crippen LogP contribution >= 0.6 is 0 Å². The lowest BCUT2D eigenvalue weighted by Crippen LogP contribution is -2.58. The van der Waals surface area contributed by atoms with E-state index in [9.17, 15) is 10.2 Å². The first-order chi connectivity index (χ1) is 8.73. The minimum atomic E-state index is -0.915. The summed E-state index contributed by atoms with van der Waals surface area (Å²) in [6.45, 7) is 13.4. The lowest BCUT2D eigenvalue weighted by atomic mass is 9.62. The van der Waals surface area contributed by atoms with Crippen LogP contribution < -0.4 is 0 Å². The highest BCUT2D eigenvalue weighted by atomic mass is 16.3. The molecule has 2 N–H and O–H groups in total. The zero-order valence-electron chi connectivity index (χ0n) is 13.2. The van der Waals surface area contributed by atoms with E-state index in [2.05, 4.69) is 39.5 Å². The second-order valence-electron chi connectivity index (χ2n) is 7.42. The molecule has 2 aliphatic carbocycles. The van der Waals surface area contributed by atoms with Gasteiger partial charge in [0.1, 0.15) is 0 Å². The number of hydrogen-bond donors (Lipinski definition) is 2. The number of aliphatic hydroxyl groups excluding tert-OH is 1. The Bertz CT molecular complexity index is 340. The first kappa shape index (κ1) is 15.3. The molecule has 2 rings (SSSR count). The largest absolute Gasteiger partial charge is 0.389 e. The molecular weight excluding hydrogens is 238 g/mol. The summed E-state index contributed by atoms with van der Waals surface area (Å²) in [5.74, 6) is 0.550. The summed E-state index contributed by atoms with van der Waals surface area (Å²) in [6.07, 6.45) is 2.36. The number of hydrogen-bond acceptors (Lipinski definition) is 3. The number of aliphatic hydroxyl groups is 2. The average Bonchev–Trinajstić information content (AvgIpc) is 2.67. The first-order valence-electron chi connectivity index (χ1n) is 7.85. The van der Waals surface area contributed by atoms with Crippen LogP contribution in [0.4, 0.5) is 0 Å². The third kappa shape index (κ3) is 1.89.